The molecule has 0 saturated carbocycles. The molecule has 0 amide bonds. The van der Waals surface area contributed by atoms with Crippen molar-refractivity contribution in [3.63, 3.8) is 0 Å². The highest BCUT2D eigenvalue weighted by atomic mass is 32.2. The largest absolute Gasteiger partial charge is 0.299 e. The van der Waals surface area contributed by atoms with Crippen molar-refractivity contribution >= 4 is 34.0 Å². The number of carbonyl (C=O) groups is 1. The first-order valence-electron chi connectivity index (χ1n) is 8.04. The predicted molar refractivity (Wildman–Crippen MR) is 102 cm³/mol. The molecule has 0 N–H and O–H groups in total. The van der Waals surface area contributed by atoms with Crippen LogP contribution < -0.4 is 0 Å². The zero-order valence-corrected chi connectivity index (χ0v) is 15.2. The molecule has 9 heteroatoms. The summed E-state index contributed by atoms with van der Waals surface area (Å²) in [6.45, 7) is 4.22. The van der Waals surface area contributed by atoms with Crippen molar-refractivity contribution in [2.75, 3.05) is 5.75 Å². The van der Waals surface area contributed by atoms with E-state index in [9.17, 15) is 14.9 Å². The number of benzene rings is 1. The molecule has 0 spiro atoms. The highest BCUT2D eigenvalue weighted by Crippen LogP contribution is 2.28. The van der Waals surface area contributed by atoms with Gasteiger partial charge in [0.25, 0.3) is 5.69 Å². The summed E-state index contributed by atoms with van der Waals surface area (Å²) in [6, 6.07) is 4.89. The number of hydrogen-bond acceptors (Lipinski definition) is 7. The van der Waals surface area contributed by atoms with Crippen LogP contribution in [0.25, 0.3) is 11.1 Å². The topological polar surface area (TPSA) is 103 Å². The minimum atomic E-state index is -0.418. The third-order valence-electron chi connectivity index (χ3n) is 3.80. The number of rotatable bonds is 6. The fourth-order valence-electron chi connectivity index (χ4n) is 2.49. The van der Waals surface area contributed by atoms with E-state index in [4.69, 9.17) is 0 Å². The number of thioether (sulfide) groups is 1. The normalized spacial score (nSPS) is 13.5. The maximum atomic E-state index is 11.3. The number of hydrogen-bond donors (Lipinski definition) is 0. The summed E-state index contributed by atoms with van der Waals surface area (Å²) in [5.41, 5.74) is 2.82. The van der Waals surface area contributed by atoms with E-state index in [-0.39, 0.29) is 11.5 Å². The van der Waals surface area contributed by atoms with E-state index < -0.39 is 4.92 Å². The summed E-state index contributed by atoms with van der Waals surface area (Å²) in [5.74, 6) is 0.412. The van der Waals surface area contributed by atoms with Crippen molar-refractivity contribution in [2.45, 2.75) is 26.8 Å². The second-order valence-electron chi connectivity index (χ2n) is 5.82. The summed E-state index contributed by atoms with van der Waals surface area (Å²) < 4.78 is 1.76. The predicted octanol–water partition coefficient (Wildman–Crippen LogP) is 3.31. The number of aromatic nitrogens is 2. The van der Waals surface area contributed by atoms with E-state index in [0.29, 0.717) is 29.0 Å². The first-order valence-corrected chi connectivity index (χ1v) is 9.03. The molecule has 0 fully saturated rings. The van der Waals surface area contributed by atoms with Crippen LogP contribution in [0.2, 0.25) is 0 Å². The standard InChI is InChI=1S/C17H17N5O3S/c1-3-21-9-14(8-18-21)12-4-13(6-15(5-12)22(24)25)16-7-17(20-19-16)26-10-11(2)23/h4-6,8-9H,3,7,10H2,1-2H3. The van der Waals surface area contributed by atoms with E-state index in [1.807, 2.05) is 19.2 Å². The number of non-ortho nitro benzene ring substituents is 1. The van der Waals surface area contributed by atoms with E-state index in [1.165, 1.54) is 30.8 Å². The number of carbonyl (C=O) groups excluding carboxylic acids is 1. The highest BCUT2D eigenvalue weighted by molar-refractivity contribution is 8.14. The Balaban J connectivity index is 1.88. The van der Waals surface area contributed by atoms with Gasteiger partial charge in [0, 0.05) is 42.4 Å². The third kappa shape index (κ3) is 4.05. The van der Waals surface area contributed by atoms with Crippen molar-refractivity contribution in [3.05, 3.63) is 46.3 Å². The fourth-order valence-corrected chi connectivity index (χ4v) is 3.20. The molecule has 0 radical (unpaired) electrons. The molecule has 1 aromatic heterocycles. The number of ketones is 1. The lowest BCUT2D eigenvalue weighted by Crippen LogP contribution is -2.05. The van der Waals surface area contributed by atoms with Gasteiger partial charge in [-0.1, -0.05) is 0 Å². The lowest BCUT2D eigenvalue weighted by atomic mass is 10.0. The quantitative estimate of drug-likeness (QED) is 0.572. The summed E-state index contributed by atoms with van der Waals surface area (Å²) in [5, 5.41) is 24.5. The van der Waals surface area contributed by atoms with E-state index in [2.05, 4.69) is 15.3 Å². The number of aryl methyl sites for hydroxylation is 1. The second kappa shape index (κ2) is 7.61. The van der Waals surface area contributed by atoms with Crippen LogP contribution >= 0.6 is 11.8 Å². The third-order valence-corrected chi connectivity index (χ3v) is 4.91. The van der Waals surface area contributed by atoms with Gasteiger partial charge in [0.15, 0.2) is 0 Å². The molecule has 2 heterocycles. The monoisotopic (exact) mass is 371 g/mol. The molecule has 1 aliphatic rings. The van der Waals surface area contributed by atoms with Crippen LogP contribution in [0.3, 0.4) is 0 Å². The Morgan fingerprint density at radius 1 is 1.27 bits per heavy atom. The van der Waals surface area contributed by atoms with Crippen LogP contribution in [-0.2, 0) is 11.3 Å². The summed E-state index contributed by atoms with van der Waals surface area (Å²) in [4.78, 5) is 22.0. The van der Waals surface area contributed by atoms with Crippen molar-refractivity contribution in [1.29, 1.82) is 0 Å². The van der Waals surface area contributed by atoms with Crippen LogP contribution in [0.15, 0.2) is 40.8 Å². The molecule has 1 aromatic carbocycles. The lowest BCUT2D eigenvalue weighted by Gasteiger charge is -2.05. The Morgan fingerprint density at radius 3 is 2.69 bits per heavy atom. The summed E-state index contributed by atoms with van der Waals surface area (Å²) in [7, 11) is 0. The molecule has 1 aliphatic heterocycles. The minimum Gasteiger partial charge on any atom is -0.299 e. The molecule has 0 unspecified atom stereocenters. The van der Waals surface area contributed by atoms with E-state index in [1.54, 1.807) is 10.9 Å². The minimum absolute atomic E-state index is 0.00529. The molecule has 0 atom stereocenters. The van der Waals surface area contributed by atoms with Crippen molar-refractivity contribution < 1.29 is 9.72 Å². The first-order chi connectivity index (χ1) is 12.5. The van der Waals surface area contributed by atoms with Crippen molar-refractivity contribution in [1.82, 2.24) is 9.78 Å². The summed E-state index contributed by atoms with van der Waals surface area (Å²) >= 11 is 1.35. The van der Waals surface area contributed by atoms with Gasteiger partial charge in [-0.15, -0.1) is 16.9 Å². The molecular formula is C17H17N5O3S. The van der Waals surface area contributed by atoms with Gasteiger partial charge in [0.05, 0.1) is 22.6 Å². The maximum absolute atomic E-state index is 11.3. The Hall–Kier alpha value is -2.81. The van der Waals surface area contributed by atoms with E-state index in [0.717, 1.165) is 17.2 Å². The Labute approximate surface area is 154 Å². The number of nitrogens with zero attached hydrogens (tertiary/aromatic N) is 5. The van der Waals surface area contributed by atoms with Crippen LogP contribution in [0.4, 0.5) is 5.69 Å². The molecule has 0 aliphatic carbocycles. The molecule has 134 valence electrons. The smallest absolute Gasteiger partial charge is 0.270 e. The van der Waals surface area contributed by atoms with Gasteiger partial charge in [-0.25, -0.2) is 0 Å². The average molecular weight is 371 g/mol. The number of Topliss-reactive ketones (excluding diaryl/α,β-unsaturated/α-hetero) is 1. The van der Waals surface area contributed by atoms with Gasteiger partial charge in [-0.3, -0.25) is 19.6 Å². The van der Waals surface area contributed by atoms with Gasteiger partial charge in [-0.05, 0) is 25.5 Å². The first kappa shape index (κ1) is 18.0. The molecule has 0 bridgehead atoms. The van der Waals surface area contributed by atoms with Crippen molar-refractivity contribution in [2.24, 2.45) is 10.2 Å². The lowest BCUT2D eigenvalue weighted by molar-refractivity contribution is -0.384. The van der Waals surface area contributed by atoms with Crippen LogP contribution in [-0.4, -0.2) is 37.0 Å². The zero-order valence-electron chi connectivity index (χ0n) is 14.4. The second-order valence-corrected chi connectivity index (χ2v) is 6.87. The highest BCUT2D eigenvalue weighted by Gasteiger charge is 2.20. The van der Waals surface area contributed by atoms with Crippen LogP contribution in [0.1, 0.15) is 25.8 Å². The maximum Gasteiger partial charge on any atom is 0.270 e. The molecule has 8 nitrogen and oxygen atoms in total. The molecule has 0 saturated heterocycles. The molecule has 26 heavy (non-hydrogen) atoms. The molecular weight excluding hydrogens is 354 g/mol. The average Bonchev–Trinajstić information content (AvgIpc) is 3.29. The zero-order chi connectivity index (χ0) is 18.7. The summed E-state index contributed by atoms with van der Waals surface area (Å²) in [6.07, 6.45) is 4.00. The van der Waals surface area contributed by atoms with Crippen LogP contribution in [0.5, 0.6) is 0 Å². The van der Waals surface area contributed by atoms with Gasteiger partial charge in [0.1, 0.15) is 10.8 Å². The van der Waals surface area contributed by atoms with Gasteiger partial charge < -0.3 is 0 Å². The van der Waals surface area contributed by atoms with Crippen LogP contribution in [0, 0.1) is 10.1 Å². The SMILES string of the molecule is CCn1cc(-c2cc(C3=NN=C(SCC(C)=O)C3)cc([N+](=O)[O-])c2)cn1. The fraction of sp³-hybridized carbons (Fsp3) is 0.294. The number of nitro groups is 1. The molecule has 3 rings (SSSR count). The van der Waals surface area contributed by atoms with E-state index >= 15 is 0 Å². The Bertz CT molecular complexity index is 932. The van der Waals surface area contributed by atoms with Crippen molar-refractivity contribution in [3.8, 4) is 11.1 Å². The van der Waals surface area contributed by atoms with Gasteiger partial charge in [0.2, 0.25) is 0 Å². The number of nitro benzene ring substituents is 1. The Morgan fingerprint density at radius 2 is 2.04 bits per heavy atom. The van der Waals surface area contributed by atoms with Gasteiger partial charge >= 0.3 is 0 Å². The van der Waals surface area contributed by atoms with Gasteiger partial charge in [-0.2, -0.15) is 10.2 Å². The Kier molecular flexibility index (Phi) is 5.27. The molecule has 2 aromatic rings.